The molecule has 1 heteroatoms. The van der Waals surface area contributed by atoms with E-state index >= 15 is 0 Å². The molecule has 0 spiro atoms. The summed E-state index contributed by atoms with van der Waals surface area (Å²) in [5, 5.41) is 10.2. The van der Waals surface area contributed by atoms with Gasteiger partial charge >= 0.3 is 0 Å². The molecule has 8 atom stereocenters. The Bertz CT molecular complexity index is 591. The minimum absolute atomic E-state index is 0.0766. The average Bonchev–Trinajstić information content (AvgIpc) is 2.99. The second-order valence-electron chi connectivity index (χ2n) is 12.2. The minimum atomic E-state index is -0.0766. The van der Waals surface area contributed by atoms with E-state index in [1.54, 1.807) is 5.57 Å². The first-order valence-electron chi connectivity index (χ1n) is 12.6. The Kier molecular flexibility index (Phi) is 5.80. The Labute approximate surface area is 174 Å². The Hall–Kier alpha value is -0.300. The Morgan fingerprint density at radius 3 is 2.54 bits per heavy atom. The Morgan fingerprint density at radius 1 is 1.00 bits per heavy atom. The maximum atomic E-state index is 10.2. The smallest absolute Gasteiger partial charge is 0.0577 e. The zero-order valence-electron chi connectivity index (χ0n) is 19.3. The van der Waals surface area contributed by atoms with Crippen molar-refractivity contribution in [3.05, 3.63) is 11.6 Å². The molecule has 3 fully saturated rings. The van der Waals surface area contributed by atoms with Crippen LogP contribution in [0, 0.1) is 46.3 Å². The van der Waals surface area contributed by atoms with E-state index in [9.17, 15) is 5.11 Å². The lowest BCUT2D eigenvalue weighted by atomic mass is 9.47. The third-order valence-electron chi connectivity index (χ3n) is 10.3. The highest BCUT2D eigenvalue weighted by Crippen LogP contribution is 2.67. The van der Waals surface area contributed by atoms with Crippen LogP contribution in [0.1, 0.15) is 105 Å². The molecule has 0 saturated heterocycles. The largest absolute Gasteiger partial charge is 0.393 e. The van der Waals surface area contributed by atoms with Gasteiger partial charge < -0.3 is 5.11 Å². The fraction of sp³-hybridized carbons (Fsp3) is 0.926. The van der Waals surface area contributed by atoms with E-state index in [4.69, 9.17) is 0 Å². The van der Waals surface area contributed by atoms with Crippen LogP contribution in [0.5, 0.6) is 0 Å². The van der Waals surface area contributed by atoms with Gasteiger partial charge in [-0.1, -0.05) is 65.5 Å². The minimum Gasteiger partial charge on any atom is -0.393 e. The topological polar surface area (TPSA) is 20.2 Å². The van der Waals surface area contributed by atoms with E-state index in [1.165, 1.54) is 57.8 Å². The van der Waals surface area contributed by atoms with Gasteiger partial charge in [0.2, 0.25) is 0 Å². The molecule has 4 rings (SSSR count). The summed E-state index contributed by atoms with van der Waals surface area (Å²) in [6, 6.07) is 0. The summed E-state index contributed by atoms with van der Waals surface area (Å²) in [5.74, 6) is 5.46. The summed E-state index contributed by atoms with van der Waals surface area (Å²) in [6.07, 6.45) is 17.2. The lowest BCUT2D eigenvalue weighted by Gasteiger charge is -2.58. The first-order valence-corrected chi connectivity index (χ1v) is 12.6. The molecule has 28 heavy (non-hydrogen) atoms. The summed E-state index contributed by atoms with van der Waals surface area (Å²) >= 11 is 0. The molecular weight excluding hydrogens is 340 g/mol. The van der Waals surface area contributed by atoms with Gasteiger partial charge in [-0.3, -0.25) is 0 Å². The summed E-state index contributed by atoms with van der Waals surface area (Å²) in [6.45, 7) is 12.6. The van der Waals surface area contributed by atoms with E-state index in [0.717, 1.165) is 48.3 Å². The van der Waals surface area contributed by atoms with Gasteiger partial charge in [0.1, 0.15) is 0 Å². The van der Waals surface area contributed by atoms with E-state index in [1.807, 2.05) is 0 Å². The van der Waals surface area contributed by atoms with Crippen molar-refractivity contribution < 1.29 is 5.11 Å². The molecular formula is C27H46O. The number of fused-ring (bicyclic) bond motifs is 5. The van der Waals surface area contributed by atoms with E-state index < -0.39 is 0 Å². The summed E-state index contributed by atoms with van der Waals surface area (Å²) in [5.41, 5.74) is 2.60. The van der Waals surface area contributed by atoms with E-state index in [-0.39, 0.29) is 6.10 Å². The van der Waals surface area contributed by atoms with Gasteiger partial charge in [0.25, 0.3) is 0 Å². The van der Waals surface area contributed by atoms with Crippen molar-refractivity contribution in [1.82, 2.24) is 0 Å². The van der Waals surface area contributed by atoms with E-state index in [2.05, 4.69) is 40.7 Å². The molecule has 160 valence electrons. The van der Waals surface area contributed by atoms with Gasteiger partial charge in [-0.2, -0.15) is 0 Å². The monoisotopic (exact) mass is 386 g/mol. The van der Waals surface area contributed by atoms with Crippen molar-refractivity contribution in [3.8, 4) is 0 Å². The molecule has 0 aliphatic heterocycles. The van der Waals surface area contributed by atoms with E-state index in [0.29, 0.717) is 10.8 Å². The molecule has 0 radical (unpaired) electrons. The molecule has 0 amide bonds. The van der Waals surface area contributed by atoms with Gasteiger partial charge in [-0.25, -0.2) is 0 Å². The zero-order valence-corrected chi connectivity index (χ0v) is 19.3. The van der Waals surface area contributed by atoms with Crippen LogP contribution in [0.3, 0.4) is 0 Å². The second-order valence-corrected chi connectivity index (χ2v) is 12.2. The lowest BCUT2D eigenvalue weighted by Crippen LogP contribution is -2.50. The number of aliphatic hydroxyl groups is 1. The summed E-state index contributed by atoms with van der Waals surface area (Å²) in [7, 11) is 0. The van der Waals surface area contributed by atoms with Crippen LogP contribution in [-0.4, -0.2) is 11.2 Å². The molecule has 0 aromatic heterocycles. The van der Waals surface area contributed by atoms with Crippen LogP contribution < -0.4 is 0 Å². The third-order valence-corrected chi connectivity index (χ3v) is 10.3. The number of hydrogen-bond acceptors (Lipinski definition) is 1. The van der Waals surface area contributed by atoms with Crippen molar-refractivity contribution in [2.75, 3.05) is 0 Å². The molecule has 4 aliphatic rings. The molecule has 0 bridgehead atoms. The SMILES string of the molecule is CC(C)CCC[C@@H](C)[C@H]1CC[C@H]2[C@@H]3CC=C4CC(O)CC[C@@]4(C)[C@H]3CC[C@@]12C. The highest BCUT2D eigenvalue weighted by Gasteiger charge is 2.59. The van der Waals surface area contributed by atoms with Crippen LogP contribution in [0.4, 0.5) is 0 Å². The van der Waals surface area contributed by atoms with Crippen LogP contribution in [0.25, 0.3) is 0 Å². The number of allylic oxidation sites excluding steroid dienone is 1. The molecule has 0 aromatic rings. The van der Waals surface area contributed by atoms with Crippen LogP contribution in [0.2, 0.25) is 0 Å². The van der Waals surface area contributed by atoms with Crippen LogP contribution in [-0.2, 0) is 0 Å². The number of aliphatic hydroxyl groups excluding tert-OH is 1. The van der Waals surface area contributed by atoms with Crippen LogP contribution in [0.15, 0.2) is 11.6 Å². The van der Waals surface area contributed by atoms with Crippen molar-refractivity contribution in [2.24, 2.45) is 46.3 Å². The van der Waals surface area contributed by atoms with Crippen molar-refractivity contribution in [1.29, 1.82) is 0 Å². The summed E-state index contributed by atoms with van der Waals surface area (Å²) in [4.78, 5) is 0. The Balaban J connectivity index is 1.49. The van der Waals surface area contributed by atoms with Gasteiger partial charge in [0.15, 0.2) is 0 Å². The lowest BCUT2D eigenvalue weighted by molar-refractivity contribution is -0.0573. The quantitative estimate of drug-likeness (QED) is 0.488. The number of rotatable bonds is 5. The normalized spacial score (nSPS) is 46.5. The molecule has 1 N–H and O–H groups in total. The zero-order chi connectivity index (χ0) is 20.1. The molecule has 0 aromatic carbocycles. The van der Waals surface area contributed by atoms with Crippen molar-refractivity contribution in [2.45, 2.75) is 111 Å². The van der Waals surface area contributed by atoms with Crippen LogP contribution >= 0.6 is 0 Å². The summed E-state index contributed by atoms with van der Waals surface area (Å²) < 4.78 is 0. The Morgan fingerprint density at radius 2 is 1.79 bits per heavy atom. The fourth-order valence-electron chi connectivity index (χ4n) is 8.67. The fourth-order valence-corrected chi connectivity index (χ4v) is 8.67. The maximum absolute atomic E-state index is 10.2. The first-order chi connectivity index (χ1) is 13.3. The van der Waals surface area contributed by atoms with Gasteiger partial charge in [-0.05, 0) is 97.7 Å². The molecule has 3 saturated carbocycles. The molecule has 4 aliphatic carbocycles. The van der Waals surface area contributed by atoms with Crippen molar-refractivity contribution >= 4 is 0 Å². The van der Waals surface area contributed by atoms with Gasteiger partial charge in [0, 0.05) is 0 Å². The third kappa shape index (κ3) is 3.42. The van der Waals surface area contributed by atoms with Gasteiger partial charge in [0.05, 0.1) is 6.10 Å². The standard InChI is InChI=1S/C27H46O/c1-18(2)7-6-8-19(3)23-11-12-24-22-10-9-20-17-21(28)13-15-26(20,4)25(22)14-16-27(23,24)5/h9,18-19,21-25,28H,6-8,10-17H2,1-5H3/t19-,21?,22+,23-,24+,25+,26-,27+/m1/s1. The molecule has 1 unspecified atom stereocenters. The second kappa shape index (κ2) is 7.75. The van der Waals surface area contributed by atoms with Crippen molar-refractivity contribution in [3.63, 3.8) is 0 Å². The number of hydrogen-bond donors (Lipinski definition) is 1. The maximum Gasteiger partial charge on any atom is 0.0577 e. The molecule has 1 nitrogen and oxygen atoms in total. The molecule has 0 heterocycles. The highest BCUT2D eigenvalue weighted by molar-refractivity contribution is 5.25. The first kappa shape index (κ1) is 21.0. The van der Waals surface area contributed by atoms with Gasteiger partial charge in [-0.15, -0.1) is 0 Å². The predicted molar refractivity (Wildman–Crippen MR) is 119 cm³/mol. The average molecular weight is 387 g/mol. The highest BCUT2D eigenvalue weighted by atomic mass is 16.3. The predicted octanol–water partition coefficient (Wildman–Crippen LogP) is 7.39.